The zero-order valence-corrected chi connectivity index (χ0v) is 14.4. The number of hydrogen-bond acceptors (Lipinski definition) is 4. The number of likely N-dealkylation sites (tertiary alicyclic amines) is 1. The van der Waals surface area contributed by atoms with Crippen LogP contribution in [0.15, 0.2) is 48.7 Å². The number of pyridine rings is 1. The maximum absolute atomic E-state index is 12.6. The lowest BCUT2D eigenvalue weighted by Crippen LogP contribution is -2.46. The molecule has 132 valence electrons. The number of rotatable bonds is 3. The van der Waals surface area contributed by atoms with Gasteiger partial charge in [-0.3, -0.25) is 24.3 Å². The van der Waals surface area contributed by atoms with Gasteiger partial charge in [0.1, 0.15) is 6.04 Å². The normalized spacial score (nSPS) is 23.2. The molecule has 1 aliphatic heterocycles. The molecule has 4 rings (SSSR count). The number of amides is 3. The fraction of sp³-hybridized carbons (Fsp3) is 0.300. The maximum atomic E-state index is 12.6. The summed E-state index contributed by atoms with van der Waals surface area (Å²) in [6.45, 7) is 1.59. The topological polar surface area (TPSA) is 79.4 Å². The molecular formula is C20H19N3O3. The number of para-hydroxylation sites is 1. The van der Waals surface area contributed by atoms with Gasteiger partial charge in [-0.1, -0.05) is 30.4 Å². The van der Waals surface area contributed by atoms with Gasteiger partial charge in [0.25, 0.3) is 0 Å². The number of carbonyl (C=O) groups is 3. The second-order valence-electron chi connectivity index (χ2n) is 6.78. The number of imide groups is 1. The van der Waals surface area contributed by atoms with E-state index in [2.05, 4.69) is 10.3 Å². The minimum atomic E-state index is -0.855. The Kier molecular flexibility index (Phi) is 4.03. The van der Waals surface area contributed by atoms with Crippen molar-refractivity contribution < 1.29 is 14.4 Å². The van der Waals surface area contributed by atoms with Crippen molar-refractivity contribution in [3.63, 3.8) is 0 Å². The van der Waals surface area contributed by atoms with Gasteiger partial charge < -0.3 is 5.32 Å². The Balaban J connectivity index is 1.52. The Bertz CT molecular complexity index is 911. The summed E-state index contributed by atoms with van der Waals surface area (Å²) in [5, 5.41) is 3.68. The Morgan fingerprint density at radius 2 is 1.81 bits per heavy atom. The summed E-state index contributed by atoms with van der Waals surface area (Å²) in [6.07, 6.45) is 6.57. The number of aromatic nitrogens is 1. The molecule has 1 aliphatic carbocycles. The van der Waals surface area contributed by atoms with Gasteiger partial charge in [0.2, 0.25) is 17.7 Å². The van der Waals surface area contributed by atoms with Crippen LogP contribution < -0.4 is 5.32 Å². The standard InChI is InChI=1S/C20H19N3O3/c1-12(23-19(25)15-7-3-4-8-16(15)20(23)26)18(24)22-14-10-13-6-2-5-9-17(13)21-11-14/h2-6,9-12,15-16H,7-8H2,1H3,(H,22,24)/t12-,15+,16+/m1/s1. The zero-order chi connectivity index (χ0) is 18.3. The van der Waals surface area contributed by atoms with Crippen molar-refractivity contribution in [1.82, 2.24) is 9.88 Å². The minimum Gasteiger partial charge on any atom is -0.323 e. The number of nitrogens with zero attached hydrogens (tertiary/aromatic N) is 2. The number of nitrogens with one attached hydrogen (secondary N) is 1. The van der Waals surface area contributed by atoms with Crippen LogP contribution in [0.4, 0.5) is 5.69 Å². The second kappa shape index (κ2) is 6.37. The summed E-state index contributed by atoms with van der Waals surface area (Å²) in [7, 11) is 0. The van der Waals surface area contributed by atoms with Crippen molar-refractivity contribution in [2.24, 2.45) is 11.8 Å². The molecule has 1 aromatic carbocycles. The number of hydrogen-bond donors (Lipinski definition) is 1. The predicted octanol–water partition coefficient (Wildman–Crippen LogP) is 2.51. The molecule has 0 saturated carbocycles. The lowest BCUT2D eigenvalue weighted by Gasteiger charge is -2.22. The third-order valence-corrected chi connectivity index (χ3v) is 5.17. The molecule has 6 heteroatoms. The van der Waals surface area contributed by atoms with E-state index in [-0.39, 0.29) is 23.7 Å². The lowest BCUT2D eigenvalue weighted by atomic mass is 9.85. The average molecular weight is 349 g/mol. The summed E-state index contributed by atoms with van der Waals surface area (Å²) < 4.78 is 0. The van der Waals surface area contributed by atoms with Crippen molar-refractivity contribution in [2.45, 2.75) is 25.8 Å². The molecule has 0 bridgehead atoms. The molecule has 1 saturated heterocycles. The van der Waals surface area contributed by atoms with Gasteiger partial charge in [-0.2, -0.15) is 0 Å². The Morgan fingerprint density at radius 3 is 2.50 bits per heavy atom. The van der Waals surface area contributed by atoms with E-state index in [1.54, 1.807) is 13.1 Å². The SMILES string of the molecule is C[C@H](C(=O)Nc1cnc2ccccc2c1)N1C(=O)[C@H]2CC=CC[C@@H]2C1=O. The Labute approximate surface area is 150 Å². The molecule has 3 atom stereocenters. The quantitative estimate of drug-likeness (QED) is 0.682. The minimum absolute atomic E-state index is 0.247. The van der Waals surface area contributed by atoms with Gasteiger partial charge in [0, 0.05) is 5.39 Å². The third-order valence-electron chi connectivity index (χ3n) is 5.17. The number of fused-ring (bicyclic) bond motifs is 2. The van der Waals surface area contributed by atoms with Crippen LogP contribution in [0.2, 0.25) is 0 Å². The van der Waals surface area contributed by atoms with Crippen LogP contribution in [0, 0.1) is 11.8 Å². The number of benzene rings is 1. The molecule has 0 unspecified atom stereocenters. The van der Waals surface area contributed by atoms with E-state index in [0.29, 0.717) is 18.5 Å². The van der Waals surface area contributed by atoms with E-state index in [1.807, 2.05) is 42.5 Å². The first kappa shape index (κ1) is 16.4. The summed E-state index contributed by atoms with van der Waals surface area (Å²) >= 11 is 0. The zero-order valence-electron chi connectivity index (χ0n) is 14.4. The number of anilines is 1. The molecule has 1 N–H and O–H groups in total. The van der Waals surface area contributed by atoms with Crippen LogP contribution >= 0.6 is 0 Å². The van der Waals surface area contributed by atoms with Crippen molar-refractivity contribution in [2.75, 3.05) is 5.32 Å². The van der Waals surface area contributed by atoms with Crippen molar-refractivity contribution in [3.05, 3.63) is 48.7 Å². The molecule has 0 radical (unpaired) electrons. The fourth-order valence-electron chi connectivity index (χ4n) is 3.71. The van der Waals surface area contributed by atoms with Crippen molar-refractivity contribution >= 4 is 34.3 Å². The third kappa shape index (κ3) is 2.67. The Morgan fingerprint density at radius 1 is 1.15 bits per heavy atom. The number of allylic oxidation sites excluding steroid dienone is 2. The average Bonchev–Trinajstić information content (AvgIpc) is 2.92. The highest BCUT2D eigenvalue weighted by atomic mass is 16.2. The summed E-state index contributed by atoms with van der Waals surface area (Å²) in [5.74, 6) is -1.54. The van der Waals surface area contributed by atoms with Gasteiger partial charge in [-0.25, -0.2) is 0 Å². The summed E-state index contributed by atoms with van der Waals surface area (Å²) in [4.78, 5) is 43.3. The van der Waals surface area contributed by atoms with Gasteiger partial charge >= 0.3 is 0 Å². The monoisotopic (exact) mass is 349 g/mol. The van der Waals surface area contributed by atoms with Gasteiger partial charge in [0.05, 0.1) is 29.2 Å². The van der Waals surface area contributed by atoms with Crippen LogP contribution in [0.25, 0.3) is 10.9 Å². The molecule has 2 aliphatic rings. The molecule has 3 amide bonds. The molecular weight excluding hydrogens is 330 g/mol. The first-order chi connectivity index (χ1) is 12.6. The van der Waals surface area contributed by atoms with Crippen LogP contribution in [0.3, 0.4) is 0 Å². The molecule has 26 heavy (non-hydrogen) atoms. The van der Waals surface area contributed by atoms with Crippen LogP contribution in [0.5, 0.6) is 0 Å². The largest absolute Gasteiger partial charge is 0.323 e. The highest BCUT2D eigenvalue weighted by Crippen LogP contribution is 2.36. The second-order valence-corrected chi connectivity index (χ2v) is 6.78. The summed E-state index contributed by atoms with van der Waals surface area (Å²) in [5.41, 5.74) is 1.37. The van der Waals surface area contributed by atoms with E-state index in [4.69, 9.17) is 0 Å². The maximum Gasteiger partial charge on any atom is 0.247 e. The highest BCUT2D eigenvalue weighted by Gasteiger charge is 2.50. The van der Waals surface area contributed by atoms with Crippen LogP contribution in [0.1, 0.15) is 19.8 Å². The van der Waals surface area contributed by atoms with E-state index < -0.39 is 11.9 Å². The van der Waals surface area contributed by atoms with Crippen molar-refractivity contribution in [1.29, 1.82) is 0 Å². The van der Waals surface area contributed by atoms with E-state index in [9.17, 15) is 14.4 Å². The van der Waals surface area contributed by atoms with Gasteiger partial charge in [-0.15, -0.1) is 0 Å². The highest BCUT2D eigenvalue weighted by molar-refractivity contribution is 6.10. The first-order valence-corrected chi connectivity index (χ1v) is 8.74. The summed E-state index contributed by atoms with van der Waals surface area (Å²) in [6, 6.07) is 8.56. The smallest absolute Gasteiger partial charge is 0.247 e. The predicted molar refractivity (Wildman–Crippen MR) is 97.0 cm³/mol. The first-order valence-electron chi connectivity index (χ1n) is 8.74. The Hall–Kier alpha value is -3.02. The molecule has 1 aromatic heterocycles. The van der Waals surface area contributed by atoms with Gasteiger partial charge in [-0.05, 0) is 31.9 Å². The van der Waals surface area contributed by atoms with Crippen LogP contribution in [-0.2, 0) is 14.4 Å². The van der Waals surface area contributed by atoms with E-state index in [0.717, 1.165) is 15.8 Å². The lowest BCUT2D eigenvalue weighted by molar-refractivity contribution is -0.146. The van der Waals surface area contributed by atoms with Crippen LogP contribution in [-0.4, -0.2) is 33.6 Å². The molecule has 2 aromatic rings. The molecule has 6 nitrogen and oxygen atoms in total. The fourth-order valence-corrected chi connectivity index (χ4v) is 3.71. The van der Waals surface area contributed by atoms with Crippen molar-refractivity contribution in [3.8, 4) is 0 Å². The van der Waals surface area contributed by atoms with E-state index >= 15 is 0 Å². The van der Waals surface area contributed by atoms with E-state index in [1.165, 1.54) is 0 Å². The molecule has 2 heterocycles. The van der Waals surface area contributed by atoms with Gasteiger partial charge in [0.15, 0.2) is 0 Å². The molecule has 1 fully saturated rings. The number of carbonyl (C=O) groups excluding carboxylic acids is 3. The molecule has 0 spiro atoms.